The lowest BCUT2D eigenvalue weighted by Crippen LogP contribution is -1.90. The second-order valence-electron chi connectivity index (χ2n) is 13.8. The standard InChI is InChI=1S/C52H48/c1-37-17-13-14-22-47-33-38(2)27-32-50(47)52(49-26-16-24-46(36-49)42(6)31-29-40(4)44-20-11-8-12-21-44)51(34-37)48-25-15-23-45(35-48)41(5)30-28-39(3)43-18-9-7-10-19-43/h7-36H,1-6H3/b14-13?,17-13?,22-14?,37-17?,37-34?,39-28+,40-29+,41-30+,42-31+,47-22?,51-34?,52-50?,52-51?. The molecule has 6 aromatic carbocycles. The molecule has 0 aromatic heterocycles. The lowest BCUT2D eigenvalue weighted by Gasteiger charge is -2.15. The van der Waals surface area contributed by atoms with Gasteiger partial charge in [-0.15, -0.1) is 0 Å². The number of benzene rings is 5. The van der Waals surface area contributed by atoms with Gasteiger partial charge in [-0.3, -0.25) is 0 Å². The van der Waals surface area contributed by atoms with E-state index in [2.05, 4.69) is 224 Å². The maximum atomic E-state index is 2.36. The van der Waals surface area contributed by atoms with Crippen molar-refractivity contribution in [1.29, 1.82) is 0 Å². The topological polar surface area (TPSA) is 0 Å². The second kappa shape index (κ2) is 16.8. The molecule has 52 heavy (non-hydrogen) atoms. The molecule has 0 radical (unpaired) electrons. The van der Waals surface area contributed by atoms with E-state index >= 15 is 0 Å². The minimum atomic E-state index is 1.19. The third-order valence-corrected chi connectivity index (χ3v) is 9.72. The van der Waals surface area contributed by atoms with Crippen LogP contribution in [0.3, 0.4) is 0 Å². The van der Waals surface area contributed by atoms with Crippen molar-refractivity contribution in [3.8, 4) is 22.3 Å². The van der Waals surface area contributed by atoms with Gasteiger partial charge in [0.15, 0.2) is 0 Å². The number of fused-ring (bicyclic) bond motifs is 1. The lowest BCUT2D eigenvalue weighted by molar-refractivity contribution is 1.47. The van der Waals surface area contributed by atoms with Crippen molar-refractivity contribution in [2.24, 2.45) is 0 Å². The molecule has 0 atom stereocenters. The van der Waals surface area contributed by atoms with Gasteiger partial charge in [0.1, 0.15) is 0 Å². The van der Waals surface area contributed by atoms with Crippen molar-refractivity contribution in [3.63, 3.8) is 0 Å². The largest absolute Gasteiger partial charge is 0.0622 e. The molecule has 256 valence electrons. The van der Waals surface area contributed by atoms with Crippen LogP contribution in [0.5, 0.6) is 0 Å². The molecule has 0 N–H and O–H groups in total. The molecular formula is C52H48. The molecule has 0 saturated carbocycles. The highest BCUT2D eigenvalue weighted by Gasteiger charge is 2.13. The summed E-state index contributed by atoms with van der Waals surface area (Å²) in [6.45, 7) is 13.1. The van der Waals surface area contributed by atoms with Crippen LogP contribution in [0.4, 0.5) is 0 Å². The van der Waals surface area contributed by atoms with E-state index in [1.165, 1.54) is 88.7 Å². The fourth-order valence-corrected chi connectivity index (χ4v) is 6.58. The highest BCUT2D eigenvalue weighted by molar-refractivity contribution is 6.03. The summed E-state index contributed by atoms with van der Waals surface area (Å²) in [4.78, 5) is 0. The Morgan fingerprint density at radius 3 is 1.38 bits per heavy atom. The molecule has 0 bridgehead atoms. The predicted octanol–water partition coefficient (Wildman–Crippen LogP) is 14.9. The quantitative estimate of drug-likeness (QED) is 0.141. The van der Waals surface area contributed by atoms with Crippen LogP contribution < -0.4 is 0 Å². The van der Waals surface area contributed by atoms with Gasteiger partial charge >= 0.3 is 0 Å². The molecule has 6 rings (SSSR count). The van der Waals surface area contributed by atoms with Crippen LogP contribution in [-0.4, -0.2) is 0 Å². The van der Waals surface area contributed by atoms with Gasteiger partial charge in [0.25, 0.3) is 0 Å². The first-order valence-electron chi connectivity index (χ1n) is 18.2. The van der Waals surface area contributed by atoms with Crippen molar-refractivity contribution >= 4 is 33.1 Å². The molecule has 0 spiro atoms. The molecule has 6 aromatic rings. The Kier molecular flexibility index (Phi) is 11.6. The van der Waals surface area contributed by atoms with Gasteiger partial charge in [0, 0.05) is 0 Å². The monoisotopic (exact) mass is 672 g/mol. The normalized spacial score (nSPS) is 12.5. The van der Waals surface area contributed by atoms with Crippen molar-refractivity contribution in [1.82, 2.24) is 0 Å². The maximum absolute atomic E-state index is 2.36. The van der Waals surface area contributed by atoms with Crippen molar-refractivity contribution < 1.29 is 0 Å². The van der Waals surface area contributed by atoms with E-state index in [4.69, 9.17) is 0 Å². The third kappa shape index (κ3) is 8.84. The van der Waals surface area contributed by atoms with Crippen molar-refractivity contribution in [3.05, 3.63) is 215 Å². The van der Waals surface area contributed by atoms with Gasteiger partial charge in [-0.25, -0.2) is 0 Å². The van der Waals surface area contributed by atoms with E-state index < -0.39 is 0 Å². The van der Waals surface area contributed by atoms with E-state index in [0.717, 1.165) is 0 Å². The number of allylic oxidation sites excluding steroid dienone is 8. The molecule has 0 saturated heterocycles. The van der Waals surface area contributed by atoms with Crippen LogP contribution in [0.25, 0.3) is 55.3 Å². The first kappa shape index (κ1) is 35.8. The zero-order valence-electron chi connectivity index (χ0n) is 31.3. The van der Waals surface area contributed by atoms with Crippen LogP contribution in [-0.2, 0) is 0 Å². The summed E-state index contributed by atoms with van der Waals surface area (Å²) in [6, 6.07) is 57.1. The van der Waals surface area contributed by atoms with Crippen LogP contribution in [0.15, 0.2) is 182 Å². The Labute approximate surface area is 311 Å². The SMILES string of the molecule is C/C(=C\C=C(/C)c1cccc(-c2cc(C)ccccc3cc(C)ccc3c2-c2cccc(/C(C)=C/C=C(\C)c3ccccc3)c2)c1)c1ccccc1. The predicted molar refractivity (Wildman–Crippen MR) is 229 cm³/mol. The van der Waals surface area contributed by atoms with E-state index in [1.807, 2.05) is 0 Å². The van der Waals surface area contributed by atoms with E-state index in [0.29, 0.717) is 0 Å². The first-order valence-corrected chi connectivity index (χ1v) is 18.2. The lowest BCUT2D eigenvalue weighted by atomic mass is 9.88. The van der Waals surface area contributed by atoms with Crippen LogP contribution in [0.1, 0.15) is 61.1 Å². The molecule has 0 unspecified atom stereocenters. The van der Waals surface area contributed by atoms with Gasteiger partial charge in [-0.05, 0) is 131 Å². The molecule has 0 heteroatoms. The minimum absolute atomic E-state index is 1.19. The molecule has 0 heterocycles. The highest BCUT2D eigenvalue weighted by Crippen LogP contribution is 2.39. The first-order chi connectivity index (χ1) is 25.3. The zero-order chi connectivity index (χ0) is 36.5. The fraction of sp³-hybridized carbons (Fsp3) is 0.115. The summed E-state index contributed by atoms with van der Waals surface area (Å²) in [5.74, 6) is 0. The molecule has 0 aliphatic rings. The molecule has 0 aliphatic heterocycles. The summed E-state index contributed by atoms with van der Waals surface area (Å²) in [6.07, 6.45) is 8.93. The van der Waals surface area contributed by atoms with Gasteiger partial charge in [0.05, 0.1) is 0 Å². The maximum Gasteiger partial charge on any atom is -0.00265 e. The molecule has 0 aliphatic carbocycles. The Morgan fingerprint density at radius 1 is 0.365 bits per heavy atom. The smallest absolute Gasteiger partial charge is 0.00265 e. The van der Waals surface area contributed by atoms with E-state index in [9.17, 15) is 0 Å². The Bertz CT molecular complexity index is 2380. The molecule has 0 amide bonds. The molecule has 0 fully saturated rings. The average molecular weight is 673 g/mol. The number of hydrogen-bond acceptors (Lipinski definition) is 0. The minimum Gasteiger partial charge on any atom is -0.0622 e. The van der Waals surface area contributed by atoms with Gasteiger partial charge < -0.3 is 0 Å². The molecule has 0 nitrogen and oxygen atoms in total. The fourth-order valence-electron chi connectivity index (χ4n) is 6.58. The van der Waals surface area contributed by atoms with E-state index in [-0.39, 0.29) is 0 Å². The summed E-state index contributed by atoms with van der Waals surface area (Å²) >= 11 is 0. The zero-order valence-corrected chi connectivity index (χ0v) is 31.3. The Balaban J connectivity index is 1.54. The van der Waals surface area contributed by atoms with Gasteiger partial charge in [0.2, 0.25) is 0 Å². The average Bonchev–Trinajstić information content (AvgIpc) is 3.18. The highest BCUT2D eigenvalue weighted by atomic mass is 14.2. The second-order valence-corrected chi connectivity index (χ2v) is 13.8. The van der Waals surface area contributed by atoms with Gasteiger partial charge in [-0.1, -0.05) is 181 Å². The van der Waals surface area contributed by atoms with Crippen LogP contribution in [0.2, 0.25) is 0 Å². The number of rotatable bonds is 8. The molecular weight excluding hydrogens is 625 g/mol. The summed E-state index contributed by atoms with van der Waals surface area (Å²) < 4.78 is 0. The summed E-state index contributed by atoms with van der Waals surface area (Å²) in [5, 5.41) is 2.42. The van der Waals surface area contributed by atoms with Crippen LogP contribution in [0, 0.1) is 13.8 Å². The van der Waals surface area contributed by atoms with Crippen molar-refractivity contribution in [2.75, 3.05) is 0 Å². The van der Waals surface area contributed by atoms with Crippen LogP contribution >= 0.6 is 0 Å². The van der Waals surface area contributed by atoms with E-state index in [1.54, 1.807) is 0 Å². The Hall–Kier alpha value is -5.98. The number of hydrogen-bond donors (Lipinski definition) is 0. The van der Waals surface area contributed by atoms with Crippen molar-refractivity contribution in [2.45, 2.75) is 41.5 Å². The Morgan fingerprint density at radius 2 is 0.808 bits per heavy atom. The summed E-state index contributed by atoms with van der Waals surface area (Å²) in [7, 11) is 0. The van der Waals surface area contributed by atoms with Gasteiger partial charge in [-0.2, -0.15) is 0 Å². The number of aryl methyl sites for hydroxylation is 2. The summed E-state index contributed by atoms with van der Waals surface area (Å²) in [5.41, 5.74) is 17.1. The third-order valence-electron chi connectivity index (χ3n) is 9.72.